The predicted molar refractivity (Wildman–Crippen MR) is 93.8 cm³/mol. The van der Waals surface area contributed by atoms with Gasteiger partial charge in [0.1, 0.15) is 47.5 Å². The number of halogens is 1. The third kappa shape index (κ3) is 2.76. The Kier molecular flexibility index (Phi) is 4.11. The van der Waals surface area contributed by atoms with E-state index in [2.05, 4.69) is 9.97 Å². The summed E-state index contributed by atoms with van der Waals surface area (Å²) in [5.41, 5.74) is 4.85. The zero-order valence-corrected chi connectivity index (χ0v) is 14.4. The van der Waals surface area contributed by atoms with E-state index in [1.807, 2.05) is 0 Å². The minimum absolute atomic E-state index is 0.279. The van der Waals surface area contributed by atoms with Gasteiger partial charge in [0.05, 0.1) is 5.39 Å². The molecule has 8 nitrogen and oxygen atoms in total. The lowest BCUT2D eigenvalue weighted by atomic mass is 9.88. The highest BCUT2D eigenvalue weighted by Crippen LogP contribution is 2.43. The van der Waals surface area contributed by atoms with Gasteiger partial charge in [-0.25, -0.2) is 14.4 Å². The van der Waals surface area contributed by atoms with Crippen LogP contribution in [0.1, 0.15) is 24.8 Å². The van der Waals surface area contributed by atoms with Crippen molar-refractivity contribution in [1.29, 1.82) is 0 Å². The number of ether oxygens (including phenoxy) is 1. The quantitative estimate of drug-likeness (QED) is 0.536. The number of hydrogen-bond donors (Lipinski definition) is 4. The van der Waals surface area contributed by atoms with Gasteiger partial charge in [-0.3, -0.25) is 0 Å². The van der Waals surface area contributed by atoms with Crippen molar-refractivity contribution < 1.29 is 24.4 Å². The normalized spacial score (nSPS) is 29.3. The third-order valence-corrected chi connectivity index (χ3v) is 5.04. The first-order chi connectivity index (χ1) is 12.8. The van der Waals surface area contributed by atoms with Gasteiger partial charge in [0.15, 0.2) is 6.23 Å². The smallest absolute Gasteiger partial charge is 0.164 e. The summed E-state index contributed by atoms with van der Waals surface area (Å²) in [6.45, 7) is 1.38. The van der Waals surface area contributed by atoms with E-state index >= 15 is 0 Å². The minimum Gasteiger partial charge on any atom is -0.386 e. The summed E-state index contributed by atoms with van der Waals surface area (Å²) >= 11 is 0. The van der Waals surface area contributed by atoms with Crippen LogP contribution in [0.25, 0.3) is 11.0 Å². The van der Waals surface area contributed by atoms with Crippen LogP contribution in [0.3, 0.4) is 0 Å². The van der Waals surface area contributed by atoms with Crippen molar-refractivity contribution in [2.45, 2.75) is 37.1 Å². The topological polar surface area (TPSA) is 127 Å². The lowest BCUT2D eigenvalue weighted by Crippen LogP contribution is -2.47. The van der Waals surface area contributed by atoms with Crippen LogP contribution in [0.4, 0.5) is 10.2 Å². The molecule has 3 heterocycles. The molecule has 3 aromatic rings. The number of anilines is 1. The van der Waals surface area contributed by atoms with Crippen LogP contribution in [0.2, 0.25) is 0 Å². The van der Waals surface area contributed by atoms with Gasteiger partial charge in [-0.1, -0.05) is 12.1 Å². The maximum absolute atomic E-state index is 13.1. The van der Waals surface area contributed by atoms with Crippen molar-refractivity contribution in [3.8, 4) is 0 Å². The van der Waals surface area contributed by atoms with Crippen molar-refractivity contribution >= 4 is 16.9 Å². The van der Waals surface area contributed by atoms with Crippen LogP contribution in [-0.2, 0) is 4.74 Å². The number of aliphatic hydroxyl groups excluding tert-OH is 2. The van der Waals surface area contributed by atoms with Crippen LogP contribution >= 0.6 is 0 Å². The van der Waals surface area contributed by atoms with Crippen LogP contribution in [0.5, 0.6) is 0 Å². The summed E-state index contributed by atoms with van der Waals surface area (Å²) in [4.78, 5) is 8.08. The zero-order valence-electron chi connectivity index (χ0n) is 14.4. The van der Waals surface area contributed by atoms with E-state index < -0.39 is 36.0 Å². The Morgan fingerprint density at radius 2 is 1.96 bits per heavy atom. The summed E-state index contributed by atoms with van der Waals surface area (Å²) < 4.78 is 20.5. The van der Waals surface area contributed by atoms with Gasteiger partial charge in [-0.05, 0) is 30.7 Å². The second kappa shape index (κ2) is 6.24. The molecule has 0 aliphatic carbocycles. The number of nitrogen functional groups attached to an aromatic ring is 1. The molecule has 1 saturated heterocycles. The van der Waals surface area contributed by atoms with Gasteiger partial charge < -0.3 is 30.4 Å². The standard InChI is InChI=1S/C18H19FN4O4/c1-18(26)13(25)17(23-7-6-11-15(20)21-8-22-16(11)23)27-14(18)12(24)9-2-4-10(19)5-3-9/h2-8,12-14,17,24-26H,1H3,(H2,20,21,22)/t12-,13+,14-,17-,18+/m1/s1. The first-order valence-electron chi connectivity index (χ1n) is 8.37. The molecule has 0 spiro atoms. The number of aromatic nitrogens is 3. The van der Waals surface area contributed by atoms with E-state index in [9.17, 15) is 19.7 Å². The Labute approximate surface area is 153 Å². The second-order valence-electron chi connectivity index (χ2n) is 6.83. The fourth-order valence-corrected chi connectivity index (χ4v) is 3.46. The van der Waals surface area contributed by atoms with Crippen LogP contribution in [-0.4, -0.2) is 47.7 Å². The van der Waals surface area contributed by atoms with Crippen molar-refractivity contribution in [3.63, 3.8) is 0 Å². The fraction of sp³-hybridized carbons (Fsp3) is 0.333. The molecule has 0 bridgehead atoms. The van der Waals surface area contributed by atoms with E-state index in [4.69, 9.17) is 10.5 Å². The summed E-state index contributed by atoms with van der Waals surface area (Å²) in [5, 5.41) is 32.8. The number of nitrogens with zero attached hydrogens (tertiary/aromatic N) is 3. The van der Waals surface area contributed by atoms with Crippen LogP contribution < -0.4 is 5.73 Å². The van der Waals surface area contributed by atoms with Gasteiger partial charge in [-0.2, -0.15) is 0 Å². The summed E-state index contributed by atoms with van der Waals surface area (Å²) in [6, 6.07) is 6.89. The van der Waals surface area contributed by atoms with Crippen molar-refractivity contribution in [3.05, 3.63) is 54.2 Å². The van der Waals surface area contributed by atoms with Gasteiger partial charge in [0, 0.05) is 6.20 Å². The highest BCUT2D eigenvalue weighted by molar-refractivity contribution is 5.86. The molecular formula is C18H19FN4O4. The molecule has 0 amide bonds. The number of benzene rings is 1. The average Bonchev–Trinajstić information content (AvgIpc) is 3.16. The zero-order chi connectivity index (χ0) is 19.3. The SMILES string of the molecule is C[C@@]1(O)[C@@H]([C@H](O)c2ccc(F)cc2)O[C@@H](n2ccc3c(N)ncnc32)[C@@H]1O. The van der Waals surface area contributed by atoms with Crippen molar-refractivity contribution in [2.24, 2.45) is 0 Å². The maximum atomic E-state index is 13.1. The molecule has 27 heavy (non-hydrogen) atoms. The van der Waals surface area contributed by atoms with E-state index in [-0.39, 0.29) is 5.82 Å². The van der Waals surface area contributed by atoms with Crippen molar-refractivity contribution in [2.75, 3.05) is 5.73 Å². The molecule has 0 radical (unpaired) electrons. The molecule has 1 fully saturated rings. The van der Waals surface area contributed by atoms with Gasteiger partial charge in [-0.15, -0.1) is 0 Å². The van der Waals surface area contributed by atoms with E-state index in [0.717, 1.165) is 0 Å². The molecule has 5 N–H and O–H groups in total. The number of aliphatic hydroxyl groups is 3. The van der Waals surface area contributed by atoms with Gasteiger partial charge in [0.2, 0.25) is 0 Å². The van der Waals surface area contributed by atoms with Crippen molar-refractivity contribution in [1.82, 2.24) is 14.5 Å². The monoisotopic (exact) mass is 374 g/mol. The molecule has 0 saturated carbocycles. The summed E-state index contributed by atoms with van der Waals surface area (Å²) in [5.74, 6) is -0.167. The number of fused-ring (bicyclic) bond motifs is 1. The highest BCUT2D eigenvalue weighted by Gasteiger charge is 2.55. The lowest BCUT2D eigenvalue weighted by Gasteiger charge is -2.29. The fourth-order valence-electron chi connectivity index (χ4n) is 3.46. The highest BCUT2D eigenvalue weighted by atomic mass is 19.1. The largest absolute Gasteiger partial charge is 0.386 e. The second-order valence-corrected chi connectivity index (χ2v) is 6.83. The average molecular weight is 374 g/mol. The number of rotatable bonds is 3. The van der Waals surface area contributed by atoms with Gasteiger partial charge >= 0.3 is 0 Å². The molecule has 9 heteroatoms. The summed E-state index contributed by atoms with van der Waals surface area (Å²) in [7, 11) is 0. The van der Waals surface area contributed by atoms with Crippen LogP contribution in [0.15, 0.2) is 42.9 Å². The Morgan fingerprint density at radius 1 is 1.26 bits per heavy atom. The minimum atomic E-state index is -1.77. The Hall–Kier alpha value is -2.59. The summed E-state index contributed by atoms with van der Waals surface area (Å²) in [6.07, 6.45) is -1.89. The Balaban J connectivity index is 1.70. The Bertz CT molecular complexity index is 975. The predicted octanol–water partition coefficient (Wildman–Crippen LogP) is 0.895. The van der Waals surface area contributed by atoms with E-state index in [1.165, 1.54) is 42.1 Å². The molecule has 5 atom stereocenters. The van der Waals surface area contributed by atoms with Gasteiger partial charge in [0.25, 0.3) is 0 Å². The lowest BCUT2D eigenvalue weighted by molar-refractivity contribution is -0.115. The first-order valence-corrected chi connectivity index (χ1v) is 8.37. The molecule has 142 valence electrons. The molecule has 4 rings (SSSR count). The molecule has 1 aromatic carbocycles. The Morgan fingerprint density at radius 3 is 2.67 bits per heavy atom. The third-order valence-electron chi connectivity index (χ3n) is 5.04. The number of nitrogens with two attached hydrogens (primary N) is 1. The first kappa shape index (κ1) is 17.8. The maximum Gasteiger partial charge on any atom is 0.164 e. The molecule has 1 aliphatic rings. The molecule has 1 aliphatic heterocycles. The van der Waals surface area contributed by atoms with Crippen LogP contribution in [0, 0.1) is 5.82 Å². The molecule has 2 aromatic heterocycles. The number of hydrogen-bond acceptors (Lipinski definition) is 7. The molecular weight excluding hydrogens is 355 g/mol. The van der Waals surface area contributed by atoms with E-state index in [0.29, 0.717) is 16.6 Å². The van der Waals surface area contributed by atoms with E-state index in [1.54, 1.807) is 12.3 Å². The molecule has 0 unspecified atom stereocenters.